The van der Waals surface area contributed by atoms with Crippen LogP contribution in [0.25, 0.3) is 0 Å². The summed E-state index contributed by atoms with van der Waals surface area (Å²) in [6.07, 6.45) is 11.7. The van der Waals surface area contributed by atoms with Crippen molar-refractivity contribution in [3.63, 3.8) is 0 Å². The van der Waals surface area contributed by atoms with Crippen LogP contribution in [0.4, 0.5) is 0 Å². The fourth-order valence-electron chi connectivity index (χ4n) is 1.77. The predicted molar refractivity (Wildman–Crippen MR) is 69.4 cm³/mol. The van der Waals surface area contributed by atoms with E-state index < -0.39 is 10.1 Å². The molecule has 1 N–H and O–H groups in total. The van der Waals surface area contributed by atoms with Gasteiger partial charge in [-0.25, -0.2) is 0 Å². The molecule has 0 aromatic heterocycles. The van der Waals surface area contributed by atoms with Gasteiger partial charge >= 0.3 is 29.6 Å². The minimum absolute atomic E-state index is 0. The van der Waals surface area contributed by atoms with Crippen LogP contribution < -0.4 is 29.6 Å². The molecule has 0 fully saturated rings. The van der Waals surface area contributed by atoms with E-state index in [1.807, 2.05) is 0 Å². The van der Waals surface area contributed by atoms with Crippen molar-refractivity contribution in [3.8, 4) is 0 Å². The minimum atomic E-state index is -3.73. The van der Waals surface area contributed by atoms with E-state index in [4.69, 9.17) is 4.55 Å². The standard InChI is InChI=1S/C12H26O3S.La.Na.H/c1-2-3-4-5-6-7-8-9-10-11-12-16(13,14)15;;;/h2-12H2,1H3,(H,13,14,15);;;/q;;+1;-1. The molecule has 1 radical (unpaired) electrons. The van der Waals surface area contributed by atoms with E-state index in [2.05, 4.69) is 6.92 Å². The molecule has 6 heteroatoms. The fraction of sp³-hybridized carbons (Fsp3) is 1.00. The van der Waals surface area contributed by atoms with Gasteiger partial charge in [0.1, 0.15) is 0 Å². The summed E-state index contributed by atoms with van der Waals surface area (Å²) in [6, 6.07) is 0. The van der Waals surface area contributed by atoms with Gasteiger partial charge in [0, 0.05) is 35.6 Å². The Morgan fingerprint density at radius 1 is 0.833 bits per heavy atom. The average molecular weight is 413 g/mol. The van der Waals surface area contributed by atoms with E-state index in [9.17, 15) is 8.42 Å². The van der Waals surface area contributed by atoms with Gasteiger partial charge in [0.2, 0.25) is 0 Å². The average Bonchev–Trinajstić information content (AvgIpc) is 2.19. The van der Waals surface area contributed by atoms with Gasteiger partial charge in [-0.2, -0.15) is 8.42 Å². The Morgan fingerprint density at radius 2 is 1.17 bits per heavy atom. The van der Waals surface area contributed by atoms with E-state index in [-0.39, 0.29) is 72.3 Å². The second kappa shape index (κ2) is 17.2. The summed E-state index contributed by atoms with van der Waals surface area (Å²) in [7, 11) is -3.73. The van der Waals surface area contributed by atoms with Gasteiger partial charge in [0.05, 0.1) is 5.75 Å². The maximum Gasteiger partial charge on any atom is 1.00 e. The summed E-state index contributed by atoms with van der Waals surface area (Å²) in [5.41, 5.74) is 0. The van der Waals surface area contributed by atoms with Crippen molar-refractivity contribution < 1.29 is 79.6 Å². The predicted octanol–water partition coefficient (Wildman–Crippen LogP) is 0.912. The van der Waals surface area contributed by atoms with Crippen LogP contribution in [0.1, 0.15) is 72.6 Å². The van der Waals surface area contributed by atoms with Crippen LogP contribution in [0.2, 0.25) is 0 Å². The molecule has 3 nitrogen and oxygen atoms in total. The SMILES string of the molecule is CCCCCCCCCCCCS(=O)(=O)O.[H-].[La].[Na+]. The first-order chi connectivity index (χ1) is 7.56. The summed E-state index contributed by atoms with van der Waals surface area (Å²) in [5, 5.41) is 0. The van der Waals surface area contributed by atoms with Crippen molar-refractivity contribution >= 4 is 10.1 Å². The monoisotopic (exact) mass is 413 g/mol. The van der Waals surface area contributed by atoms with Gasteiger partial charge in [-0.1, -0.05) is 64.7 Å². The molecular weight excluding hydrogens is 386 g/mol. The second-order valence-electron chi connectivity index (χ2n) is 4.47. The Balaban J connectivity index is -0.000000375. The van der Waals surface area contributed by atoms with Crippen molar-refractivity contribution in [2.24, 2.45) is 0 Å². The third-order valence-electron chi connectivity index (χ3n) is 2.76. The molecule has 0 rings (SSSR count). The molecule has 0 aromatic rings. The van der Waals surface area contributed by atoms with Gasteiger partial charge in [-0.05, 0) is 6.42 Å². The van der Waals surface area contributed by atoms with Gasteiger partial charge in [-0.3, -0.25) is 4.55 Å². The first-order valence-corrected chi connectivity index (χ1v) is 8.12. The number of hydrogen-bond acceptors (Lipinski definition) is 2. The maximum absolute atomic E-state index is 10.4. The minimum Gasteiger partial charge on any atom is -1.00 e. The number of rotatable bonds is 11. The van der Waals surface area contributed by atoms with Gasteiger partial charge < -0.3 is 1.43 Å². The Hall–Kier alpha value is 2.10. The summed E-state index contributed by atoms with van der Waals surface area (Å²) in [6.45, 7) is 2.22. The molecule has 0 aliphatic heterocycles. The summed E-state index contributed by atoms with van der Waals surface area (Å²) >= 11 is 0. The topological polar surface area (TPSA) is 54.4 Å². The van der Waals surface area contributed by atoms with Crippen molar-refractivity contribution in [2.75, 3.05) is 5.75 Å². The normalized spacial score (nSPS) is 10.6. The van der Waals surface area contributed by atoms with Gasteiger partial charge in [0.25, 0.3) is 10.1 Å². The maximum atomic E-state index is 10.4. The summed E-state index contributed by atoms with van der Waals surface area (Å²) in [5.74, 6) is -0.0799. The first kappa shape index (κ1) is 25.1. The Morgan fingerprint density at radius 3 is 1.50 bits per heavy atom. The third-order valence-corrected chi connectivity index (χ3v) is 3.56. The number of unbranched alkanes of at least 4 members (excludes halogenated alkanes) is 9. The van der Waals surface area contributed by atoms with Crippen molar-refractivity contribution in [2.45, 2.75) is 71.1 Å². The fourth-order valence-corrected chi connectivity index (χ4v) is 2.34. The molecule has 0 saturated heterocycles. The quantitative estimate of drug-likeness (QED) is 0.311. The zero-order chi connectivity index (χ0) is 12.3. The van der Waals surface area contributed by atoms with Gasteiger partial charge in [0.15, 0.2) is 0 Å². The van der Waals surface area contributed by atoms with Crippen LogP contribution in [0.5, 0.6) is 0 Å². The largest absolute Gasteiger partial charge is 1.00 e. The van der Waals surface area contributed by atoms with Crippen molar-refractivity contribution in [3.05, 3.63) is 0 Å². The molecule has 0 aromatic carbocycles. The summed E-state index contributed by atoms with van der Waals surface area (Å²) in [4.78, 5) is 0. The zero-order valence-electron chi connectivity index (χ0n) is 13.0. The first-order valence-electron chi connectivity index (χ1n) is 6.51. The van der Waals surface area contributed by atoms with Crippen LogP contribution >= 0.6 is 0 Å². The van der Waals surface area contributed by atoms with E-state index in [1.54, 1.807) is 0 Å². The molecule has 0 saturated carbocycles. The van der Waals surface area contributed by atoms with Crippen molar-refractivity contribution in [1.82, 2.24) is 0 Å². The zero-order valence-corrected chi connectivity index (χ0v) is 18.5. The molecule has 0 aliphatic rings. The van der Waals surface area contributed by atoms with Crippen LogP contribution in [0.3, 0.4) is 0 Å². The number of hydrogen-bond donors (Lipinski definition) is 1. The second-order valence-corrected chi connectivity index (χ2v) is 6.04. The van der Waals surface area contributed by atoms with Crippen LogP contribution in [-0.2, 0) is 10.1 Å². The van der Waals surface area contributed by atoms with Gasteiger partial charge in [-0.15, -0.1) is 0 Å². The van der Waals surface area contributed by atoms with Crippen LogP contribution in [-0.4, -0.2) is 18.7 Å². The third kappa shape index (κ3) is 23.2. The molecule has 0 aliphatic carbocycles. The molecule has 0 spiro atoms. The Bertz CT molecular complexity index is 251. The molecule has 0 heterocycles. The van der Waals surface area contributed by atoms with E-state index in [0.717, 1.165) is 12.8 Å². The van der Waals surface area contributed by atoms with Crippen LogP contribution in [0, 0.1) is 35.6 Å². The van der Waals surface area contributed by atoms with Crippen molar-refractivity contribution in [1.29, 1.82) is 0 Å². The van der Waals surface area contributed by atoms with E-state index in [1.165, 1.54) is 44.9 Å². The van der Waals surface area contributed by atoms with Crippen LogP contribution in [0.15, 0.2) is 0 Å². The van der Waals surface area contributed by atoms with E-state index in [0.29, 0.717) is 6.42 Å². The smallest absolute Gasteiger partial charge is 1.00 e. The molecule has 18 heavy (non-hydrogen) atoms. The Labute approximate surface area is 164 Å². The van der Waals surface area contributed by atoms with E-state index >= 15 is 0 Å². The molecule has 0 atom stereocenters. The molecule has 0 bridgehead atoms. The molecule has 0 amide bonds. The molecule has 0 unspecified atom stereocenters. The molecule has 103 valence electrons. The Kier molecular flexibility index (Phi) is 23.9. The summed E-state index contributed by atoms with van der Waals surface area (Å²) < 4.78 is 29.4. The molecular formula is C12H27LaNaO3S.